The van der Waals surface area contributed by atoms with Crippen molar-refractivity contribution in [1.82, 2.24) is 10.6 Å². The first-order valence-electron chi connectivity index (χ1n) is 19.7. The van der Waals surface area contributed by atoms with E-state index in [0.717, 1.165) is 83.5 Å². The molecule has 0 saturated carbocycles. The average Bonchev–Trinajstić information content (AvgIpc) is 3.11. The molecule has 290 valence electrons. The fourth-order valence-corrected chi connectivity index (χ4v) is 5.21. The van der Waals surface area contributed by atoms with Crippen LogP contribution < -0.4 is 10.6 Å². The van der Waals surface area contributed by atoms with Crippen LogP contribution in [0.15, 0.2) is 60.8 Å². The minimum atomic E-state index is -1.39. The monoisotopic (exact) mass is 715 g/mol. The third-order valence-corrected chi connectivity index (χ3v) is 8.23. The summed E-state index contributed by atoms with van der Waals surface area (Å²) >= 11 is 0. The van der Waals surface area contributed by atoms with E-state index in [0.29, 0.717) is 12.8 Å². The molecule has 0 heterocycles. The predicted molar refractivity (Wildman–Crippen MR) is 208 cm³/mol. The predicted octanol–water partition coefficient (Wildman–Crippen LogP) is 8.98. The number of carbonyl (C=O) groups excluding carboxylic acids is 3. The van der Waals surface area contributed by atoms with E-state index < -0.39 is 24.5 Å². The number of allylic oxidation sites excluding steroid dienone is 9. The highest BCUT2D eigenvalue weighted by Gasteiger charge is 2.18. The van der Waals surface area contributed by atoms with Gasteiger partial charge in [0.1, 0.15) is 12.1 Å². The number of carboxylic acids is 1. The largest absolute Gasteiger partial charge is 0.480 e. The number of esters is 1. The summed E-state index contributed by atoms with van der Waals surface area (Å²) in [6, 6.07) is -1.39. The first-order chi connectivity index (χ1) is 24.8. The fourth-order valence-electron chi connectivity index (χ4n) is 5.21. The van der Waals surface area contributed by atoms with Crippen LogP contribution in [0.4, 0.5) is 0 Å². The standard InChI is InChI=1S/C42H70N2O7/c1-3-5-7-9-11-13-15-17-19-21-26-30-34-41(48)51-37(31-27-23-20-18-16-14-12-10-8-6-4-2)32-28-24-22-25-29-33-39(46)43-35-40(47)44-38(36-45)42(49)50/h6,8,11-14,18,20,27,31,37-38,45H,3-5,7,9-10,15-17,19,21-26,28-30,32-36H2,1-2H3,(H,43,46)(H,44,47)(H,49,50)/b8-6-,13-11-,14-12-,20-18-,31-27-. The number of amides is 2. The van der Waals surface area contributed by atoms with Gasteiger partial charge in [0.25, 0.3) is 0 Å². The van der Waals surface area contributed by atoms with Crippen LogP contribution in [-0.2, 0) is 23.9 Å². The molecule has 2 atom stereocenters. The van der Waals surface area contributed by atoms with Crippen LogP contribution in [0.25, 0.3) is 0 Å². The van der Waals surface area contributed by atoms with Gasteiger partial charge in [-0.2, -0.15) is 0 Å². The molecular weight excluding hydrogens is 644 g/mol. The summed E-state index contributed by atoms with van der Waals surface area (Å²) in [7, 11) is 0. The van der Waals surface area contributed by atoms with E-state index in [4.69, 9.17) is 14.9 Å². The third-order valence-electron chi connectivity index (χ3n) is 8.23. The van der Waals surface area contributed by atoms with Crippen LogP contribution in [0.3, 0.4) is 0 Å². The molecule has 2 amide bonds. The summed E-state index contributed by atoms with van der Waals surface area (Å²) in [6.45, 7) is 3.30. The normalized spacial score (nSPS) is 13.2. The van der Waals surface area contributed by atoms with Gasteiger partial charge >= 0.3 is 11.9 Å². The molecule has 0 spiro atoms. The number of aliphatic hydroxyl groups excluding tert-OH is 1. The average molecular weight is 715 g/mol. The zero-order chi connectivity index (χ0) is 37.6. The molecule has 0 aliphatic rings. The molecule has 51 heavy (non-hydrogen) atoms. The van der Waals surface area contributed by atoms with Crippen LogP contribution in [0.2, 0.25) is 0 Å². The van der Waals surface area contributed by atoms with E-state index in [1.54, 1.807) is 0 Å². The summed E-state index contributed by atoms with van der Waals surface area (Å²) in [5.41, 5.74) is 0. The Morgan fingerprint density at radius 2 is 1.18 bits per heavy atom. The van der Waals surface area contributed by atoms with Crippen molar-refractivity contribution < 1.29 is 34.1 Å². The van der Waals surface area contributed by atoms with Crippen molar-refractivity contribution in [3.8, 4) is 0 Å². The first-order valence-corrected chi connectivity index (χ1v) is 19.7. The Hall–Kier alpha value is -3.46. The molecule has 9 nitrogen and oxygen atoms in total. The molecule has 0 fully saturated rings. The molecule has 0 aliphatic carbocycles. The van der Waals surface area contributed by atoms with Gasteiger partial charge in [0.2, 0.25) is 11.8 Å². The second kappa shape index (κ2) is 36.3. The minimum Gasteiger partial charge on any atom is -0.480 e. The van der Waals surface area contributed by atoms with Crippen molar-refractivity contribution in [3.05, 3.63) is 60.8 Å². The van der Waals surface area contributed by atoms with Gasteiger partial charge < -0.3 is 25.6 Å². The fraction of sp³-hybridized carbons (Fsp3) is 0.667. The van der Waals surface area contributed by atoms with E-state index in [2.05, 4.69) is 79.2 Å². The molecule has 0 rings (SSSR count). The third kappa shape index (κ3) is 33.4. The lowest BCUT2D eigenvalue weighted by atomic mass is 10.1. The van der Waals surface area contributed by atoms with Gasteiger partial charge in [-0.15, -0.1) is 0 Å². The highest BCUT2D eigenvalue weighted by Crippen LogP contribution is 2.15. The van der Waals surface area contributed by atoms with Gasteiger partial charge in [-0.25, -0.2) is 4.79 Å². The number of carboxylic acid groups (broad SMARTS) is 1. The lowest BCUT2D eigenvalue weighted by molar-refractivity contribution is -0.147. The zero-order valence-corrected chi connectivity index (χ0v) is 31.8. The highest BCUT2D eigenvalue weighted by atomic mass is 16.5. The van der Waals surface area contributed by atoms with Crippen LogP contribution in [0, 0.1) is 0 Å². The molecule has 4 N–H and O–H groups in total. The topological polar surface area (TPSA) is 142 Å². The van der Waals surface area contributed by atoms with Crippen molar-refractivity contribution in [3.63, 3.8) is 0 Å². The van der Waals surface area contributed by atoms with Crippen LogP contribution in [-0.4, -0.2) is 59.3 Å². The van der Waals surface area contributed by atoms with Crippen molar-refractivity contribution in [1.29, 1.82) is 0 Å². The van der Waals surface area contributed by atoms with E-state index in [1.165, 1.54) is 38.5 Å². The summed E-state index contributed by atoms with van der Waals surface area (Å²) in [5, 5.41) is 22.5. The lowest BCUT2D eigenvalue weighted by Gasteiger charge is -2.15. The molecule has 2 unspecified atom stereocenters. The Morgan fingerprint density at radius 3 is 1.78 bits per heavy atom. The molecule has 0 aromatic heterocycles. The molecule has 0 aromatic rings. The Balaban J connectivity index is 4.47. The van der Waals surface area contributed by atoms with Crippen molar-refractivity contribution >= 4 is 23.8 Å². The Morgan fingerprint density at radius 1 is 0.627 bits per heavy atom. The van der Waals surface area contributed by atoms with Crippen LogP contribution >= 0.6 is 0 Å². The number of hydrogen-bond acceptors (Lipinski definition) is 6. The molecule has 0 aromatic carbocycles. The molecule has 9 heteroatoms. The molecule has 0 bridgehead atoms. The second-order valence-corrected chi connectivity index (χ2v) is 13.0. The van der Waals surface area contributed by atoms with E-state index in [-0.39, 0.29) is 30.9 Å². The van der Waals surface area contributed by atoms with Crippen molar-refractivity contribution in [2.75, 3.05) is 13.2 Å². The number of aliphatic carboxylic acids is 1. The minimum absolute atomic E-state index is 0.132. The lowest BCUT2D eigenvalue weighted by Crippen LogP contribution is -2.47. The maximum absolute atomic E-state index is 12.7. The number of ether oxygens (including phenoxy) is 1. The SMILES string of the molecule is CC/C=C\C/C=C\C/C=C\C/C=C\C(CCCCCCCC(=O)NCC(=O)NC(CO)C(=O)O)OC(=O)CCCCCCC/C=C\CCCCC. The van der Waals surface area contributed by atoms with Crippen LogP contribution in [0.1, 0.15) is 155 Å². The van der Waals surface area contributed by atoms with E-state index >= 15 is 0 Å². The first kappa shape index (κ1) is 47.5. The van der Waals surface area contributed by atoms with Gasteiger partial charge in [-0.3, -0.25) is 14.4 Å². The van der Waals surface area contributed by atoms with Gasteiger partial charge in [0.05, 0.1) is 13.2 Å². The van der Waals surface area contributed by atoms with E-state index in [9.17, 15) is 19.2 Å². The molecule has 0 aliphatic heterocycles. The van der Waals surface area contributed by atoms with Crippen molar-refractivity contribution in [2.45, 2.75) is 167 Å². The quantitative estimate of drug-likeness (QED) is 0.0296. The molecular formula is C42H70N2O7. The summed E-state index contributed by atoms with van der Waals surface area (Å²) in [4.78, 5) is 47.4. The second-order valence-electron chi connectivity index (χ2n) is 13.0. The van der Waals surface area contributed by atoms with Gasteiger partial charge in [0.15, 0.2) is 0 Å². The van der Waals surface area contributed by atoms with Crippen LogP contribution in [0.5, 0.6) is 0 Å². The summed E-state index contributed by atoms with van der Waals surface area (Å²) in [5.74, 6) is -2.42. The van der Waals surface area contributed by atoms with Gasteiger partial charge in [-0.05, 0) is 83.1 Å². The van der Waals surface area contributed by atoms with Gasteiger partial charge in [0, 0.05) is 12.8 Å². The zero-order valence-electron chi connectivity index (χ0n) is 31.8. The van der Waals surface area contributed by atoms with Gasteiger partial charge in [-0.1, -0.05) is 120 Å². The number of aliphatic hydroxyl groups is 1. The Bertz CT molecular complexity index is 1050. The number of carbonyl (C=O) groups is 4. The Kier molecular flexibility index (Phi) is 33.9. The molecule has 0 saturated heterocycles. The maximum atomic E-state index is 12.7. The van der Waals surface area contributed by atoms with Crippen molar-refractivity contribution in [2.24, 2.45) is 0 Å². The smallest absolute Gasteiger partial charge is 0.328 e. The maximum Gasteiger partial charge on any atom is 0.328 e. The number of rotatable bonds is 34. The van der Waals surface area contributed by atoms with E-state index in [1.807, 2.05) is 6.08 Å². The summed E-state index contributed by atoms with van der Waals surface area (Å²) < 4.78 is 5.88. The highest BCUT2D eigenvalue weighted by molar-refractivity contribution is 5.87. The number of nitrogens with one attached hydrogen (secondary N) is 2. The Labute approximate surface area is 309 Å². The number of unbranched alkanes of at least 4 members (excludes halogenated alkanes) is 12. The number of hydrogen-bond donors (Lipinski definition) is 4. The molecule has 0 radical (unpaired) electrons. The summed E-state index contributed by atoms with van der Waals surface area (Å²) in [6.07, 6.45) is 42.6.